The number of ketones is 1. The van der Waals surface area contributed by atoms with Crippen molar-refractivity contribution in [3.05, 3.63) is 77.1 Å². The molecule has 0 unspecified atom stereocenters. The van der Waals surface area contributed by atoms with E-state index in [4.69, 9.17) is 9.88 Å². The minimum atomic E-state index is -4.00. The number of aromatic nitrogens is 1. The van der Waals surface area contributed by atoms with Crippen LogP contribution in [0.3, 0.4) is 0 Å². The van der Waals surface area contributed by atoms with Crippen LogP contribution in [0.2, 0.25) is 0 Å². The number of carbonyl (C=O) groups excluding carboxylic acids is 2. The van der Waals surface area contributed by atoms with Crippen LogP contribution in [0.5, 0.6) is 5.75 Å². The van der Waals surface area contributed by atoms with Crippen molar-refractivity contribution in [2.24, 2.45) is 5.14 Å². The molecule has 2 aromatic carbocycles. The van der Waals surface area contributed by atoms with Crippen molar-refractivity contribution in [2.75, 3.05) is 6.61 Å². The van der Waals surface area contributed by atoms with E-state index in [9.17, 15) is 26.8 Å². The lowest BCUT2D eigenvalue weighted by atomic mass is 10.1. The summed E-state index contributed by atoms with van der Waals surface area (Å²) in [5, 5.41) is 5.06. The molecule has 0 saturated carbocycles. The van der Waals surface area contributed by atoms with E-state index in [1.807, 2.05) is 0 Å². The maximum absolute atomic E-state index is 12.7. The standard InChI is InChI=1S/C22H20F2N2O6S/c1-13-10-19(14(2)26(13)16-6-8-17(9-7-16)32-22(23)24)20(27)12-31-21(28)15-4-3-5-18(11-15)33(25,29)30/h3-11,22H,12H2,1-2H3,(H2,25,29,30). The second kappa shape index (κ2) is 9.51. The molecule has 3 rings (SSSR count). The van der Waals surface area contributed by atoms with Crippen LogP contribution in [0.1, 0.15) is 32.1 Å². The number of Topliss-reactive ketones (excluding diaryl/α,β-unsaturated/α-hetero) is 1. The van der Waals surface area contributed by atoms with Gasteiger partial charge in [0.05, 0.1) is 10.5 Å². The normalized spacial score (nSPS) is 11.5. The molecule has 0 radical (unpaired) electrons. The number of alkyl halides is 2. The Labute approximate surface area is 188 Å². The summed E-state index contributed by atoms with van der Waals surface area (Å²) in [6.45, 7) is -0.0385. The lowest BCUT2D eigenvalue weighted by molar-refractivity contribution is -0.0498. The summed E-state index contributed by atoms with van der Waals surface area (Å²) in [6, 6.07) is 12.5. The molecule has 0 aliphatic heterocycles. The van der Waals surface area contributed by atoms with Crippen LogP contribution < -0.4 is 9.88 Å². The number of benzene rings is 2. The van der Waals surface area contributed by atoms with Crippen LogP contribution in [-0.4, -0.2) is 38.0 Å². The topological polar surface area (TPSA) is 118 Å². The summed E-state index contributed by atoms with van der Waals surface area (Å²) < 4.78 is 58.7. The van der Waals surface area contributed by atoms with Gasteiger partial charge in [-0.25, -0.2) is 18.4 Å². The van der Waals surface area contributed by atoms with Crippen LogP contribution >= 0.6 is 0 Å². The Morgan fingerprint density at radius 1 is 1.06 bits per heavy atom. The maximum atomic E-state index is 12.7. The smallest absolute Gasteiger partial charge is 0.387 e. The van der Waals surface area contributed by atoms with Crippen molar-refractivity contribution in [1.82, 2.24) is 4.57 Å². The summed E-state index contributed by atoms with van der Waals surface area (Å²) in [4.78, 5) is 24.7. The molecule has 33 heavy (non-hydrogen) atoms. The molecule has 1 aromatic heterocycles. The number of ether oxygens (including phenoxy) is 2. The molecule has 2 N–H and O–H groups in total. The molecule has 0 atom stereocenters. The number of rotatable bonds is 8. The van der Waals surface area contributed by atoms with Crippen molar-refractivity contribution in [2.45, 2.75) is 25.4 Å². The van der Waals surface area contributed by atoms with E-state index < -0.39 is 35.0 Å². The zero-order valence-corrected chi connectivity index (χ0v) is 18.4. The highest BCUT2D eigenvalue weighted by Crippen LogP contribution is 2.24. The van der Waals surface area contributed by atoms with Gasteiger partial charge >= 0.3 is 12.6 Å². The van der Waals surface area contributed by atoms with Crippen LogP contribution in [-0.2, 0) is 14.8 Å². The Hall–Kier alpha value is -3.57. The molecule has 1 heterocycles. The highest BCUT2D eigenvalue weighted by Gasteiger charge is 2.20. The highest BCUT2D eigenvalue weighted by atomic mass is 32.2. The third kappa shape index (κ3) is 5.62. The van der Waals surface area contributed by atoms with Gasteiger partial charge in [0.15, 0.2) is 6.61 Å². The number of hydrogen-bond acceptors (Lipinski definition) is 6. The van der Waals surface area contributed by atoms with E-state index in [1.165, 1.54) is 30.3 Å². The van der Waals surface area contributed by atoms with Gasteiger partial charge in [-0.3, -0.25) is 4.79 Å². The number of nitrogens with two attached hydrogens (primary N) is 1. The first-order valence-corrected chi connectivity index (χ1v) is 11.1. The summed E-state index contributed by atoms with van der Waals surface area (Å²) >= 11 is 0. The SMILES string of the molecule is Cc1cc(C(=O)COC(=O)c2cccc(S(N)(=O)=O)c2)c(C)n1-c1ccc(OC(F)F)cc1. The van der Waals surface area contributed by atoms with Crippen molar-refractivity contribution >= 4 is 21.8 Å². The van der Waals surface area contributed by atoms with E-state index >= 15 is 0 Å². The first-order valence-electron chi connectivity index (χ1n) is 9.54. The number of carbonyl (C=O) groups is 2. The summed E-state index contributed by atoms with van der Waals surface area (Å²) in [6.07, 6.45) is 0. The lowest BCUT2D eigenvalue weighted by Crippen LogP contribution is -2.16. The average molecular weight is 478 g/mol. The minimum absolute atomic E-state index is 0.00549. The fourth-order valence-corrected chi connectivity index (χ4v) is 3.87. The van der Waals surface area contributed by atoms with Gasteiger partial charge < -0.3 is 14.0 Å². The maximum Gasteiger partial charge on any atom is 0.387 e. The molecule has 0 aliphatic rings. The van der Waals surface area contributed by atoms with E-state index in [2.05, 4.69) is 4.74 Å². The summed E-state index contributed by atoms with van der Waals surface area (Å²) in [7, 11) is -4.00. The molecule has 11 heteroatoms. The van der Waals surface area contributed by atoms with E-state index in [0.717, 1.165) is 6.07 Å². The molecule has 8 nitrogen and oxygen atoms in total. The zero-order chi connectivity index (χ0) is 24.3. The van der Waals surface area contributed by atoms with Gasteiger partial charge in [0, 0.05) is 22.6 Å². The molecule has 0 bridgehead atoms. The second-order valence-corrected chi connectivity index (χ2v) is 8.63. The average Bonchev–Trinajstić information content (AvgIpc) is 3.05. The molecule has 0 spiro atoms. The number of sulfonamides is 1. The van der Waals surface area contributed by atoms with Gasteiger partial charge in [-0.05, 0) is 62.4 Å². The third-order valence-corrected chi connectivity index (χ3v) is 5.70. The van der Waals surface area contributed by atoms with Crippen LogP contribution in [0, 0.1) is 13.8 Å². The van der Waals surface area contributed by atoms with Crippen molar-refractivity contribution in [1.29, 1.82) is 0 Å². The number of esters is 1. The third-order valence-electron chi connectivity index (χ3n) is 4.78. The molecule has 174 valence electrons. The molecule has 3 aromatic rings. The molecule has 0 aliphatic carbocycles. The Kier molecular flexibility index (Phi) is 6.94. The summed E-state index contributed by atoms with van der Waals surface area (Å²) in [5.74, 6) is -1.34. The molecule has 0 fully saturated rings. The van der Waals surface area contributed by atoms with Gasteiger partial charge in [0.2, 0.25) is 15.8 Å². The number of halogens is 2. The largest absolute Gasteiger partial charge is 0.454 e. The monoisotopic (exact) mass is 478 g/mol. The van der Waals surface area contributed by atoms with Crippen molar-refractivity contribution < 1.29 is 36.3 Å². The number of aryl methyl sites for hydroxylation is 1. The van der Waals surface area contributed by atoms with Crippen LogP contribution in [0.25, 0.3) is 5.69 Å². The lowest BCUT2D eigenvalue weighted by Gasteiger charge is -2.11. The van der Waals surface area contributed by atoms with E-state index in [0.29, 0.717) is 22.6 Å². The van der Waals surface area contributed by atoms with Crippen LogP contribution in [0.15, 0.2) is 59.5 Å². The molecule has 0 amide bonds. The predicted octanol–water partition coefficient (Wildman–Crippen LogP) is 3.38. The fourth-order valence-electron chi connectivity index (χ4n) is 3.31. The minimum Gasteiger partial charge on any atom is -0.454 e. The van der Waals surface area contributed by atoms with Crippen molar-refractivity contribution in [3.63, 3.8) is 0 Å². The number of primary sulfonamides is 1. The molecular formula is C22H20F2N2O6S. The van der Waals surface area contributed by atoms with Gasteiger partial charge in [0.1, 0.15) is 5.75 Å². The Bertz CT molecular complexity index is 1300. The van der Waals surface area contributed by atoms with E-state index in [-0.39, 0.29) is 16.2 Å². The first kappa shape index (κ1) is 24.1. The summed E-state index contributed by atoms with van der Waals surface area (Å²) in [5.41, 5.74) is 2.14. The number of nitrogens with zero attached hydrogens (tertiary/aromatic N) is 1. The van der Waals surface area contributed by atoms with Gasteiger partial charge in [0.25, 0.3) is 0 Å². The Morgan fingerprint density at radius 2 is 1.73 bits per heavy atom. The quantitative estimate of drug-likeness (QED) is 0.392. The molecular weight excluding hydrogens is 458 g/mol. The molecule has 0 saturated heterocycles. The van der Waals surface area contributed by atoms with Crippen LogP contribution in [0.4, 0.5) is 8.78 Å². The van der Waals surface area contributed by atoms with Gasteiger partial charge in [-0.1, -0.05) is 6.07 Å². The van der Waals surface area contributed by atoms with Gasteiger partial charge in [-0.2, -0.15) is 8.78 Å². The van der Waals surface area contributed by atoms with Gasteiger partial charge in [-0.15, -0.1) is 0 Å². The zero-order valence-electron chi connectivity index (χ0n) is 17.6. The number of hydrogen-bond donors (Lipinski definition) is 1. The fraction of sp³-hybridized carbons (Fsp3) is 0.182. The Balaban J connectivity index is 1.74. The Morgan fingerprint density at radius 3 is 2.33 bits per heavy atom. The highest BCUT2D eigenvalue weighted by molar-refractivity contribution is 7.89. The second-order valence-electron chi connectivity index (χ2n) is 7.06. The van der Waals surface area contributed by atoms with Crippen molar-refractivity contribution in [3.8, 4) is 11.4 Å². The van der Waals surface area contributed by atoms with E-state index in [1.54, 1.807) is 36.6 Å². The predicted molar refractivity (Wildman–Crippen MR) is 114 cm³/mol. The first-order chi connectivity index (χ1) is 15.5.